The fourth-order valence-corrected chi connectivity index (χ4v) is 5.63. The van der Waals surface area contributed by atoms with E-state index < -0.39 is 55.9 Å². The van der Waals surface area contributed by atoms with Crippen LogP contribution in [-0.4, -0.2) is 72.3 Å². The zero-order valence-corrected chi connectivity index (χ0v) is 23.1. The summed E-state index contributed by atoms with van der Waals surface area (Å²) in [6.07, 6.45) is 3.67. The van der Waals surface area contributed by atoms with E-state index in [9.17, 15) is 24.8 Å². The second-order valence-electron chi connectivity index (χ2n) is 9.41. The van der Waals surface area contributed by atoms with Crippen LogP contribution in [0.15, 0.2) is 42.9 Å². The maximum atomic E-state index is 13.9. The maximum Gasteiger partial charge on any atom is 0.459 e. The number of aromatic nitrogens is 4. The summed E-state index contributed by atoms with van der Waals surface area (Å²) in [5.74, 6) is 1.57. The van der Waals surface area contributed by atoms with Crippen LogP contribution in [0.3, 0.4) is 0 Å². The van der Waals surface area contributed by atoms with Gasteiger partial charge in [-0.25, -0.2) is 19.0 Å². The second-order valence-corrected chi connectivity index (χ2v) is 11.1. The summed E-state index contributed by atoms with van der Waals surface area (Å²) in [5.41, 5.74) is 1.22. The van der Waals surface area contributed by atoms with E-state index >= 15 is 0 Å². The van der Waals surface area contributed by atoms with E-state index in [2.05, 4.69) is 26.1 Å². The lowest BCUT2D eigenvalue weighted by Crippen LogP contribution is -2.46. The fourth-order valence-electron chi connectivity index (χ4n) is 4.11. The van der Waals surface area contributed by atoms with Crippen molar-refractivity contribution in [2.45, 2.75) is 56.3 Å². The molecular formula is C25H28N7O8P. The number of esters is 1. The molecule has 0 amide bonds. The van der Waals surface area contributed by atoms with Crippen molar-refractivity contribution in [3.05, 3.63) is 48.5 Å². The minimum atomic E-state index is -4.46. The molecule has 3 heterocycles. The number of nitrogens with one attached hydrogen (secondary N) is 1. The normalized spacial score (nSPS) is 26.1. The van der Waals surface area contributed by atoms with Gasteiger partial charge in [-0.05, 0) is 32.9 Å². The van der Waals surface area contributed by atoms with Crippen LogP contribution >= 0.6 is 7.75 Å². The first-order valence-corrected chi connectivity index (χ1v) is 13.8. The molecular weight excluding hydrogens is 557 g/mol. The number of hydrogen-bond acceptors (Lipinski definition) is 13. The first-order valence-electron chi connectivity index (χ1n) is 12.3. The molecule has 1 saturated heterocycles. The molecule has 1 unspecified atom stereocenters. The Hall–Kier alpha value is -4.08. The highest BCUT2D eigenvalue weighted by Gasteiger charge is 2.65. The predicted octanol–water partition coefficient (Wildman–Crippen LogP) is 0.683. The summed E-state index contributed by atoms with van der Waals surface area (Å²) in [6.45, 7) is 3.82. The summed E-state index contributed by atoms with van der Waals surface area (Å²) in [7, 11) is -4.46. The van der Waals surface area contributed by atoms with E-state index in [4.69, 9.17) is 30.7 Å². The molecule has 1 aliphatic rings. The lowest BCUT2D eigenvalue weighted by molar-refractivity contribution is -0.149. The van der Waals surface area contributed by atoms with E-state index in [0.717, 1.165) is 10.8 Å². The Bertz CT molecular complexity index is 1550. The number of terminal acetylenes is 1. The van der Waals surface area contributed by atoms with Crippen molar-refractivity contribution in [3.8, 4) is 24.2 Å². The first kappa shape index (κ1) is 29.9. The number of aliphatic hydroxyl groups excluding tert-OH is 2. The number of para-hydroxylation sites is 1. The van der Waals surface area contributed by atoms with Gasteiger partial charge in [-0.2, -0.15) is 15.4 Å². The van der Waals surface area contributed by atoms with Crippen molar-refractivity contribution < 1.29 is 38.1 Å². The van der Waals surface area contributed by atoms with Crippen LogP contribution in [0.1, 0.15) is 26.5 Å². The summed E-state index contributed by atoms with van der Waals surface area (Å²) < 4.78 is 37.3. The Kier molecular flexibility index (Phi) is 8.33. The minimum Gasteiger partial charge on any atom is -0.462 e. The van der Waals surface area contributed by atoms with Gasteiger partial charge in [0.05, 0.1) is 12.3 Å². The third-order valence-electron chi connectivity index (χ3n) is 6.13. The van der Waals surface area contributed by atoms with Crippen LogP contribution in [0.2, 0.25) is 0 Å². The number of aliphatic hydroxyl groups is 2. The van der Waals surface area contributed by atoms with Crippen molar-refractivity contribution in [2.24, 2.45) is 0 Å². The first-order chi connectivity index (χ1) is 19.4. The number of benzene rings is 1. The lowest BCUT2D eigenvalue weighted by atomic mass is 9.89. The van der Waals surface area contributed by atoms with Crippen molar-refractivity contribution in [2.75, 3.05) is 12.3 Å². The Morgan fingerprint density at radius 3 is 2.63 bits per heavy atom. The zero-order chi connectivity index (χ0) is 30.0. The van der Waals surface area contributed by atoms with Crippen LogP contribution in [0, 0.1) is 23.7 Å². The van der Waals surface area contributed by atoms with Gasteiger partial charge in [0.1, 0.15) is 48.7 Å². The molecule has 0 saturated carbocycles. The van der Waals surface area contributed by atoms with Gasteiger partial charge >= 0.3 is 13.7 Å². The smallest absolute Gasteiger partial charge is 0.459 e. The molecule has 0 aliphatic carbocycles. The molecule has 1 aromatic carbocycles. The Morgan fingerprint density at radius 1 is 1.29 bits per heavy atom. The van der Waals surface area contributed by atoms with Crippen molar-refractivity contribution in [1.29, 1.82) is 5.26 Å². The van der Waals surface area contributed by atoms with Gasteiger partial charge < -0.3 is 29.9 Å². The van der Waals surface area contributed by atoms with E-state index in [0.29, 0.717) is 0 Å². The molecule has 2 aromatic heterocycles. The Morgan fingerprint density at radius 2 is 2.00 bits per heavy atom. The van der Waals surface area contributed by atoms with Gasteiger partial charge in [0.25, 0.3) is 0 Å². The minimum absolute atomic E-state index is 0.0193. The molecule has 1 fully saturated rings. The second kappa shape index (κ2) is 11.4. The molecule has 216 valence electrons. The van der Waals surface area contributed by atoms with Crippen LogP contribution in [-0.2, 0) is 29.0 Å². The van der Waals surface area contributed by atoms with Gasteiger partial charge in [-0.1, -0.05) is 24.1 Å². The fraction of sp³-hybridized carbons (Fsp3) is 0.400. The molecule has 1 aliphatic heterocycles. The van der Waals surface area contributed by atoms with Gasteiger partial charge in [-0.3, -0.25) is 9.32 Å². The number of anilines is 1. The van der Waals surface area contributed by atoms with Crippen molar-refractivity contribution in [3.63, 3.8) is 0 Å². The van der Waals surface area contributed by atoms with E-state index in [1.54, 1.807) is 32.0 Å². The van der Waals surface area contributed by atoms with E-state index in [1.165, 1.54) is 25.3 Å². The number of ether oxygens (including phenoxy) is 2. The number of hydrogen-bond donors (Lipinski definition) is 4. The number of carbonyl (C=O) groups excluding carboxylic acids is 1. The summed E-state index contributed by atoms with van der Waals surface area (Å²) >= 11 is 0. The largest absolute Gasteiger partial charge is 0.462 e. The molecule has 0 spiro atoms. The number of rotatable bonds is 10. The van der Waals surface area contributed by atoms with Gasteiger partial charge in [-0.15, -0.1) is 6.42 Å². The quantitative estimate of drug-likeness (QED) is 0.146. The number of carbonyl (C=O) groups is 1. The SMILES string of the molecule is C#C[C@]1(CO[P@@](=O)(N[C@@H](C)C(=O)OC(C)C)Oc2ccccc2)O[C@@](C#N)(c2cnc3c(N)ncnn23)C(O)[C@H]1O. The molecule has 5 N–H and O–H groups in total. The topological polar surface area (TPSA) is 216 Å². The summed E-state index contributed by atoms with van der Waals surface area (Å²) in [5, 5.41) is 38.9. The van der Waals surface area contributed by atoms with Crippen molar-refractivity contribution in [1.82, 2.24) is 24.7 Å². The van der Waals surface area contributed by atoms with E-state index in [1.807, 2.05) is 6.07 Å². The highest BCUT2D eigenvalue weighted by atomic mass is 31.2. The number of imidazole rings is 1. The van der Waals surface area contributed by atoms with Gasteiger partial charge in [0.2, 0.25) is 5.60 Å². The summed E-state index contributed by atoms with van der Waals surface area (Å²) in [6, 6.07) is 8.60. The monoisotopic (exact) mass is 585 g/mol. The summed E-state index contributed by atoms with van der Waals surface area (Å²) in [4.78, 5) is 20.3. The highest BCUT2D eigenvalue weighted by Crippen LogP contribution is 2.50. The molecule has 41 heavy (non-hydrogen) atoms. The molecule has 15 nitrogen and oxygen atoms in total. The highest BCUT2D eigenvalue weighted by molar-refractivity contribution is 7.52. The van der Waals surface area contributed by atoms with Crippen LogP contribution < -0.4 is 15.3 Å². The number of nitriles is 1. The third-order valence-corrected chi connectivity index (χ3v) is 7.76. The zero-order valence-electron chi connectivity index (χ0n) is 22.2. The van der Waals surface area contributed by atoms with Crippen LogP contribution in [0.25, 0.3) is 5.65 Å². The van der Waals surface area contributed by atoms with Crippen LogP contribution in [0.4, 0.5) is 5.82 Å². The number of nitrogen functional groups attached to an aromatic ring is 1. The van der Waals surface area contributed by atoms with Gasteiger partial charge in [0, 0.05) is 0 Å². The van der Waals surface area contributed by atoms with Crippen molar-refractivity contribution >= 4 is 25.2 Å². The third kappa shape index (κ3) is 5.60. The lowest BCUT2D eigenvalue weighted by Gasteiger charge is -2.30. The number of nitrogens with two attached hydrogens (primary N) is 1. The molecule has 3 aromatic rings. The average molecular weight is 586 g/mol. The van der Waals surface area contributed by atoms with E-state index in [-0.39, 0.29) is 22.9 Å². The average Bonchev–Trinajstić information content (AvgIpc) is 3.47. The number of nitrogens with zero attached hydrogens (tertiary/aromatic N) is 5. The van der Waals surface area contributed by atoms with Crippen LogP contribution in [0.5, 0.6) is 5.75 Å². The number of fused-ring (bicyclic) bond motifs is 1. The molecule has 0 radical (unpaired) electrons. The standard InChI is InChI=1S/C25H28N7O8P/c1-5-24(13-37-41(36,39-17-9-7-6-8-10-17)31-16(4)23(35)38-15(2)3)19(33)20(34)25(12-26,40-24)18-11-28-22-21(27)29-14-30-32(18)22/h1,6-11,14-16,19-20,33-34H,13H2,2-4H3,(H,31,36)(H2,27,29,30)/t16-,19+,20?,24+,25-,41-/m0/s1. The molecule has 0 bridgehead atoms. The molecule has 6 atom stereocenters. The molecule has 4 rings (SSSR count). The molecule has 16 heteroatoms. The van der Waals surface area contributed by atoms with Gasteiger partial charge in [0.15, 0.2) is 17.1 Å². The Labute approximate surface area is 234 Å². The predicted molar refractivity (Wildman–Crippen MR) is 142 cm³/mol. The maximum absolute atomic E-state index is 13.9. The Balaban J connectivity index is 1.67.